The summed E-state index contributed by atoms with van der Waals surface area (Å²) in [6, 6.07) is 38.3. The van der Waals surface area contributed by atoms with Gasteiger partial charge >= 0.3 is 0 Å². The van der Waals surface area contributed by atoms with Gasteiger partial charge in [0.15, 0.2) is 0 Å². The monoisotopic (exact) mass is 498 g/mol. The van der Waals surface area contributed by atoms with Crippen LogP contribution in [0.15, 0.2) is 121 Å². The zero-order chi connectivity index (χ0) is 26.1. The van der Waals surface area contributed by atoms with Gasteiger partial charge in [0.1, 0.15) is 11.5 Å². The van der Waals surface area contributed by atoms with Crippen molar-refractivity contribution in [1.82, 2.24) is 5.43 Å². The summed E-state index contributed by atoms with van der Waals surface area (Å²) >= 11 is 0. The molecule has 38 heavy (non-hydrogen) atoms. The van der Waals surface area contributed by atoms with Gasteiger partial charge in [0.25, 0.3) is 5.91 Å². The third-order valence-corrected chi connectivity index (χ3v) is 6.64. The Morgan fingerprint density at radius 2 is 1.34 bits per heavy atom. The minimum atomic E-state index is -0.269. The normalized spacial score (nSPS) is 14.7. The van der Waals surface area contributed by atoms with Gasteiger partial charge in [-0.2, -0.15) is 0 Å². The maximum Gasteiger partial charge on any atom is 0.273 e. The molecule has 6 rings (SSSR count). The first-order chi connectivity index (χ1) is 18.6. The topological polar surface area (TPSA) is 93.6 Å². The van der Waals surface area contributed by atoms with Crippen LogP contribution in [0.4, 0.5) is 17.1 Å². The average Bonchev–Trinajstić information content (AvgIpc) is 2.96. The number of nitrogens with one attached hydrogen (secondary N) is 1. The molecule has 0 bridgehead atoms. The van der Waals surface area contributed by atoms with Gasteiger partial charge in [-0.15, -0.1) is 0 Å². The summed E-state index contributed by atoms with van der Waals surface area (Å²) in [6.45, 7) is 0. The Bertz CT molecular complexity index is 1600. The van der Waals surface area contributed by atoms with Crippen molar-refractivity contribution in [3.63, 3.8) is 0 Å². The molecule has 1 unspecified atom stereocenters. The number of nitrogen functional groups attached to an aromatic ring is 2. The van der Waals surface area contributed by atoms with E-state index in [-0.39, 0.29) is 11.9 Å². The van der Waals surface area contributed by atoms with Gasteiger partial charge in [-0.3, -0.25) is 4.79 Å². The van der Waals surface area contributed by atoms with Crippen LogP contribution < -0.4 is 26.6 Å². The molecule has 6 nitrogen and oxygen atoms in total. The molecule has 1 aliphatic heterocycles. The Balaban J connectivity index is 1.45. The van der Waals surface area contributed by atoms with E-state index in [0.717, 1.165) is 33.7 Å². The van der Waals surface area contributed by atoms with Gasteiger partial charge in [-0.1, -0.05) is 54.6 Å². The first-order valence-electron chi connectivity index (χ1n) is 12.3. The zero-order valence-electron chi connectivity index (χ0n) is 20.5. The number of ether oxygens (including phenoxy) is 1. The molecule has 0 radical (unpaired) electrons. The van der Waals surface area contributed by atoms with Crippen LogP contribution in [0.3, 0.4) is 0 Å². The standard InChI is InChI=1S/C32H26N4O2/c33-23-11-15-25(16-12-23)36-32(37)28-9-5-4-8-27(28)31(35-36)22-10-19-30(38-26-17-13-24(34)14-18-26)29(20-22)21-6-2-1-3-7-21/h1-20,31,35H,33-34H2. The molecule has 0 saturated heterocycles. The first-order valence-corrected chi connectivity index (χ1v) is 12.3. The second kappa shape index (κ2) is 9.76. The van der Waals surface area contributed by atoms with E-state index in [9.17, 15) is 4.79 Å². The highest BCUT2D eigenvalue weighted by Crippen LogP contribution is 2.39. The lowest BCUT2D eigenvalue weighted by Crippen LogP contribution is -2.49. The molecule has 0 fully saturated rings. The van der Waals surface area contributed by atoms with E-state index in [1.165, 1.54) is 0 Å². The molecule has 5 aromatic carbocycles. The zero-order valence-corrected chi connectivity index (χ0v) is 20.5. The predicted molar refractivity (Wildman–Crippen MR) is 152 cm³/mol. The molecule has 5 N–H and O–H groups in total. The molecule has 6 heteroatoms. The van der Waals surface area contributed by atoms with Crippen molar-refractivity contribution in [3.8, 4) is 22.6 Å². The minimum absolute atomic E-state index is 0.117. The van der Waals surface area contributed by atoms with Crippen molar-refractivity contribution in [1.29, 1.82) is 0 Å². The molecule has 1 amide bonds. The molecule has 1 atom stereocenters. The molecule has 0 aromatic heterocycles. The van der Waals surface area contributed by atoms with Crippen LogP contribution in [0.2, 0.25) is 0 Å². The molecule has 0 spiro atoms. The van der Waals surface area contributed by atoms with Crippen molar-refractivity contribution in [2.75, 3.05) is 16.5 Å². The summed E-state index contributed by atoms with van der Waals surface area (Å²) < 4.78 is 6.30. The fourth-order valence-corrected chi connectivity index (χ4v) is 4.71. The lowest BCUT2D eigenvalue weighted by atomic mass is 9.90. The summed E-state index contributed by atoms with van der Waals surface area (Å²) in [5.41, 5.74) is 21.8. The highest BCUT2D eigenvalue weighted by Gasteiger charge is 2.33. The average molecular weight is 499 g/mol. The lowest BCUT2D eigenvalue weighted by molar-refractivity contribution is 0.0959. The van der Waals surface area contributed by atoms with Gasteiger partial charge in [0, 0.05) is 22.5 Å². The van der Waals surface area contributed by atoms with Crippen molar-refractivity contribution in [2.24, 2.45) is 0 Å². The van der Waals surface area contributed by atoms with Gasteiger partial charge in [0.2, 0.25) is 0 Å². The van der Waals surface area contributed by atoms with E-state index in [4.69, 9.17) is 16.2 Å². The van der Waals surface area contributed by atoms with Gasteiger partial charge in [0.05, 0.1) is 11.7 Å². The summed E-state index contributed by atoms with van der Waals surface area (Å²) in [6.07, 6.45) is 0. The maximum absolute atomic E-state index is 13.5. The van der Waals surface area contributed by atoms with Crippen molar-refractivity contribution >= 4 is 23.0 Å². The summed E-state index contributed by atoms with van der Waals surface area (Å²) in [5.74, 6) is 1.30. The van der Waals surface area contributed by atoms with Crippen LogP contribution in [0.5, 0.6) is 11.5 Å². The smallest absolute Gasteiger partial charge is 0.273 e. The maximum atomic E-state index is 13.5. The number of fused-ring (bicyclic) bond motifs is 1. The lowest BCUT2D eigenvalue weighted by Gasteiger charge is -2.36. The second-order valence-corrected chi connectivity index (χ2v) is 9.17. The summed E-state index contributed by atoms with van der Waals surface area (Å²) in [4.78, 5) is 13.5. The molecule has 0 saturated carbocycles. The van der Waals surface area contributed by atoms with Gasteiger partial charge in [-0.05, 0) is 83.4 Å². The highest BCUT2D eigenvalue weighted by molar-refractivity contribution is 6.08. The number of nitrogens with zero attached hydrogens (tertiary/aromatic N) is 1. The van der Waals surface area contributed by atoms with Crippen LogP contribution in [0, 0.1) is 0 Å². The molecule has 5 aromatic rings. The quantitative estimate of drug-likeness (QED) is 0.239. The molecular formula is C32H26N4O2. The number of anilines is 3. The van der Waals surface area contributed by atoms with E-state index >= 15 is 0 Å². The molecule has 1 heterocycles. The number of carbonyl (C=O) groups excluding carboxylic acids is 1. The van der Waals surface area contributed by atoms with Crippen LogP contribution in [-0.4, -0.2) is 5.91 Å². The number of hydrogen-bond donors (Lipinski definition) is 3. The van der Waals surface area contributed by atoms with Crippen LogP contribution in [0.1, 0.15) is 27.5 Å². The van der Waals surface area contributed by atoms with Gasteiger partial charge < -0.3 is 16.2 Å². The fourth-order valence-electron chi connectivity index (χ4n) is 4.71. The summed E-state index contributed by atoms with van der Waals surface area (Å²) in [7, 11) is 0. The van der Waals surface area contributed by atoms with Crippen molar-refractivity contribution < 1.29 is 9.53 Å². The molecule has 0 aliphatic carbocycles. The third kappa shape index (κ3) is 4.45. The highest BCUT2D eigenvalue weighted by atomic mass is 16.5. The van der Waals surface area contributed by atoms with Crippen LogP contribution in [0.25, 0.3) is 11.1 Å². The Hall–Kier alpha value is -5.07. The number of rotatable bonds is 5. The molecular weight excluding hydrogens is 472 g/mol. The van der Waals surface area contributed by atoms with Gasteiger partial charge in [-0.25, -0.2) is 10.4 Å². The van der Waals surface area contributed by atoms with E-state index < -0.39 is 0 Å². The third-order valence-electron chi connectivity index (χ3n) is 6.64. The number of hydrazine groups is 1. The Labute approximate surface area is 221 Å². The Morgan fingerprint density at radius 3 is 2.08 bits per heavy atom. The van der Waals surface area contributed by atoms with Crippen LogP contribution >= 0.6 is 0 Å². The first kappa shape index (κ1) is 23.3. The minimum Gasteiger partial charge on any atom is -0.457 e. The largest absolute Gasteiger partial charge is 0.457 e. The number of nitrogens with two attached hydrogens (primary N) is 2. The number of amides is 1. The van der Waals surface area contributed by atoms with E-state index in [1.54, 1.807) is 17.1 Å². The van der Waals surface area contributed by atoms with E-state index in [2.05, 4.69) is 23.6 Å². The predicted octanol–water partition coefficient (Wildman–Crippen LogP) is 6.56. The Morgan fingerprint density at radius 1 is 0.684 bits per heavy atom. The van der Waals surface area contributed by atoms with Crippen molar-refractivity contribution in [3.05, 3.63) is 138 Å². The number of carbonyl (C=O) groups is 1. The van der Waals surface area contributed by atoms with Crippen molar-refractivity contribution in [2.45, 2.75) is 6.04 Å². The molecule has 186 valence electrons. The summed E-state index contributed by atoms with van der Waals surface area (Å²) in [5, 5.41) is 1.59. The van der Waals surface area contributed by atoms with E-state index in [1.807, 2.05) is 91.0 Å². The Kier molecular flexibility index (Phi) is 6.00. The fraction of sp³-hybridized carbons (Fsp3) is 0.0312. The SMILES string of the molecule is Nc1ccc(Oc2ccc(C3NN(c4ccc(N)cc4)C(=O)c4ccccc43)cc2-c2ccccc2)cc1. The van der Waals surface area contributed by atoms with E-state index in [0.29, 0.717) is 22.7 Å². The van der Waals surface area contributed by atoms with Crippen LogP contribution in [-0.2, 0) is 0 Å². The number of hydrogen-bond acceptors (Lipinski definition) is 5. The second-order valence-electron chi connectivity index (χ2n) is 9.17. The number of benzene rings is 5. The molecule has 1 aliphatic rings.